The van der Waals surface area contributed by atoms with Crippen molar-refractivity contribution in [2.24, 2.45) is 0 Å². The second kappa shape index (κ2) is 9.88. The maximum atomic E-state index is 13.0. The van der Waals surface area contributed by atoms with Gasteiger partial charge in [0, 0.05) is 12.4 Å². The Morgan fingerprint density at radius 2 is 1.60 bits per heavy atom. The first-order valence-corrected chi connectivity index (χ1v) is 11.0. The molecular weight excluding hydrogens is 530 g/mol. The predicted molar refractivity (Wildman–Crippen MR) is 106 cm³/mol. The molecule has 0 fully saturated rings. The highest BCUT2D eigenvalue weighted by atomic mass is 32.2. The summed E-state index contributed by atoms with van der Waals surface area (Å²) in [4.78, 5) is 38.3. The van der Waals surface area contributed by atoms with Gasteiger partial charge in [-0.15, -0.1) is 0 Å². The lowest BCUT2D eigenvalue weighted by Crippen LogP contribution is -2.45. The third kappa shape index (κ3) is 5.77. The lowest BCUT2D eigenvalue weighted by Gasteiger charge is -2.26. The van der Waals surface area contributed by atoms with Gasteiger partial charge in [0.25, 0.3) is 5.60 Å². The third-order valence-electron chi connectivity index (χ3n) is 4.09. The highest BCUT2D eigenvalue weighted by Crippen LogP contribution is 2.45. The first-order chi connectivity index (χ1) is 16.3. The van der Waals surface area contributed by atoms with Crippen LogP contribution in [0.3, 0.4) is 0 Å². The highest BCUT2D eigenvalue weighted by molar-refractivity contribution is 8.03. The molecule has 0 saturated heterocycles. The SMILES string of the molecule is CCOC(=O)C1(CSc2nccc(C(F)(F)F)n2)OC(=O)C(O)=C1Sc1nccc(C(F)(F)F)n1. The molecule has 0 aliphatic carbocycles. The molecule has 1 aliphatic rings. The molecule has 17 heteroatoms. The zero-order chi connectivity index (χ0) is 26.0. The molecule has 0 saturated carbocycles. The molecule has 3 heterocycles. The second-order valence-electron chi connectivity index (χ2n) is 6.45. The van der Waals surface area contributed by atoms with E-state index in [4.69, 9.17) is 9.47 Å². The Bertz CT molecular complexity index is 1180. The van der Waals surface area contributed by atoms with Crippen LogP contribution in [0, 0.1) is 0 Å². The van der Waals surface area contributed by atoms with Gasteiger partial charge in [0.05, 0.1) is 17.3 Å². The highest BCUT2D eigenvalue weighted by Gasteiger charge is 2.56. The Hall–Kier alpha value is -3.08. The van der Waals surface area contributed by atoms with E-state index in [0.717, 1.165) is 12.4 Å². The molecule has 1 unspecified atom stereocenters. The van der Waals surface area contributed by atoms with E-state index in [1.165, 1.54) is 6.92 Å². The van der Waals surface area contributed by atoms with E-state index in [0.29, 0.717) is 23.9 Å². The van der Waals surface area contributed by atoms with E-state index < -0.39 is 68.0 Å². The minimum absolute atomic E-state index is 0.224. The molecule has 1 aliphatic heterocycles. The summed E-state index contributed by atoms with van der Waals surface area (Å²) in [5.41, 5.74) is -5.08. The fourth-order valence-electron chi connectivity index (χ4n) is 2.58. The predicted octanol–water partition coefficient (Wildman–Crippen LogP) is 3.82. The molecule has 0 radical (unpaired) electrons. The number of aliphatic hydroxyl groups is 1. The monoisotopic (exact) mass is 542 g/mol. The van der Waals surface area contributed by atoms with Crippen molar-refractivity contribution in [2.75, 3.05) is 12.4 Å². The van der Waals surface area contributed by atoms with Gasteiger partial charge in [-0.1, -0.05) is 11.8 Å². The quantitative estimate of drug-likeness (QED) is 0.238. The lowest BCUT2D eigenvalue weighted by molar-refractivity contribution is -0.169. The minimum atomic E-state index is -4.84. The number of carbonyl (C=O) groups is 2. The smallest absolute Gasteiger partial charge is 0.433 e. The number of thioether (sulfide) groups is 2. The van der Waals surface area contributed by atoms with Crippen molar-refractivity contribution in [3.63, 3.8) is 0 Å². The largest absolute Gasteiger partial charge is 0.501 e. The van der Waals surface area contributed by atoms with Gasteiger partial charge in [-0.3, -0.25) is 0 Å². The summed E-state index contributed by atoms with van der Waals surface area (Å²) in [5, 5.41) is 9.19. The van der Waals surface area contributed by atoms with Crippen molar-refractivity contribution in [3.8, 4) is 0 Å². The molecule has 188 valence electrons. The molecular formula is C18H12F6N4O5S2. The minimum Gasteiger partial charge on any atom is -0.501 e. The third-order valence-corrected chi connectivity index (χ3v) is 6.21. The number of ether oxygens (including phenoxy) is 2. The van der Waals surface area contributed by atoms with Gasteiger partial charge in [-0.05, 0) is 30.8 Å². The number of halogens is 6. The summed E-state index contributed by atoms with van der Waals surface area (Å²) in [6.07, 6.45) is -8.05. The molecule has 3 rings (SSSR count). The van der Waals surface area contributed by atoms with E-state index in [2.05, 4.69) is 19.9 Å². The van der Waals surface area contributed by atoms with Crippen LogP contribution >= 0.6 is 23.5 Å². The first-order valence-electron chi connectivity index (χ1n) is 9.23. The van der Waals surface area contributed by atoms with Crippen LogP contribution in [0.15, 0.2) is 45.5 Å². The van der Waals surface area contributed by atoms with E-state index in [1.54, 1.807) is 0 Å². The van der Waals surface area contributed by atoms with Gasteiger partial charge in [0.1, 0.15) is 11.4 Å². The summed E-state index contributed by atoms with van der Waals surface area (Å²) in [7, 11) is 0. The second-order valence-corrected chi connectivity index (χ2v) is 8.37. The summed E-state index contributed by atoms with van der Waals surface area (Å²) in [6.45, 7) is 1.17. The van der Waals surface area contributed by atoms with Crippen LogP contribution in [-0.2, 0) is 31.4 Å². The van der Waals surface area contributed by atoms with Crippen molar-refractivity contribution in [1.82, 2.24) is 19.9 Å². The maximum absolute atomic E-state index is 13.0. The average molecular weight is 542 g/mol. The van der Waals surface area contributed by atoms with E-state index in [-0.39, 0.29) is 18.4 Å². The van der Waals surface area contributed by atoms with Crippen LogP contribution in [0.2, 0.25) is 0 Å². The van der Waals surface area contributed by atoms with Crippen LogP contribution in [0.1, 0.15) is 18.3 Å². The number of aromatic nitrogens is 4. The van der Waals surface area contributed by atoms with E-state index in [1.807, 2.05) is 0 Å². The lowest BCUT2D eigenvalue weighted by atomic mass is 10.1. The van der Waals surface area contributed by atoms with E-state index >= 15 is 0 Å². The molecule has 35 heavy (non-hydrogen) atoms. The van der Waals surface area contributed by atoms with Gasteiger partial charge in [-0.2, -0.15) is 26.3 Å². The molecule has 0 bridgehead atoms. The van der Waals surface area contributed by atoms with Crippen LogP contribution in [0.5, 0.6) is 0 Å². The van der Waals surface area contributed by atoms with Crippen molar-refractivity contribution in [3.05, 3.63) is 46.6 Å². The van der Waals surface area contributed by atoms with Gasteiger partial charge >= 0.3 is 24.3 Å². The summed E-state index contributed by atoms with van der Waals surface area (Å²) in [6, 6.07) is 1.19. The fourth-order valence-corrected chi connectivity index (χ4v) is 4.60. The van der Waals surface area contributed by atoms with Crippen LogP contribution in [0.4, 0.5) is 26.3 Å². The summed E-state index contributed by atoms with van der Waals surface area (Å²) < 4.78 is 87.9. The van der Waals surface area contributed by atoms with Crippen molar-refractivity contribution < 1.29 is 50.5 Å². The number of cyclic esters (lactones) is 1. The fraction of sp³-hybridized carbons (Fsp3) is 0.333. The topological polar surface area (TPSA) is 124 Å². The van der Waals surface area contributed by atoms with Crippen molar-refractivity contribution >= 4 is 35.5 Å². The van der Waals surface area contributed by atoms with Crippen LogP contribution in [0.25, 0.3) is 0 Å². The van der Waals surface area contributed by atoms with Crippen LogP contribution < -0.4 is 0 Å². The maximum Gasteiger partial charge on any atom is 0.433 e. The number of hydrogen-bond donors (Lipinski definition) is 1. The van der Waals surface area contributed by atoms with Gasteiger partial charge in [0.2, 0.25) is 5.76 Å². The normalized spacial score (nSPS) is 18.5. The number of nitrogens with zero attached hydrogens (tertiary/aromatic N) is 4. The standard InChI is InChI=1S/C18H12F6N4O5S2/c1-2-32-13(31)16(7-34-14-25-5-3-8(27-14)17(19,20)21)11(10(29)12(30)33-16)35-15-26-6-4-9(28-15)18(22,23)24/h3-6,29H,2,7H2,1H3. The molecule has 0 spiro atoms. The van der Waals surface area contributed by atoms with E-state index in [9.17, 15) is 41.0 Å². The molecule has 2 aromatic heterocycles. The Morgan fingerprint density at radius 3 is 2.14 bits per heavy atom. The average Bonchev–Trinajstić information content (AvgIpc) is 3.02. The molecule has 1 N–H and O–H groups in total. The number of alkyl halides is 6. The Balaban J connectivity index is 1.99. The molecule has 1 atom stereocenters. The number of hydrogen-bond acceptors (Lipinski definition) is 11. The van der Waals surface area contributed by atoms with Crippen molar-refractivity contribution in [1.29, 1.82) is 0 Å². The summed E-state index contributed by atoms with van der Waals surface area (Å²) in [5.74, 6) is -4.48. The van der Waals surface area contributed by atoms with Gasteiger partial charge in [-0.25, -0.2) is 29.5 Å². The Kier molecular flexibility index (Phi) is 7.49. The van der Waals surface area contributed by atoms with Crippen molar-refractivity contribution in [2.45, 2.75) is 35.2 Å². The number of carbonyl (C=O) groups excluding carboxylic acids is 2. The zero-order valence-corrected chi connectivity index (χ0v) is 18.8. The molecule has 9 nitrogen and oxygen atoms in total. The number of rotatable bonds is 7. The Morgan fingerprint density at radius 1 is 1.06 bits per heavy atom. The number of esters is 2. The zero-order valence-electron chi connectivity index (χ0n) is 17.2. The molecule has 2 aromatic rings. The molecule has 0 amide bonds. The van der Waals surface area contributed by atoms with Crippen LogP contribution in [-0.4, -0.2) is 54.9 Å². The van der Waals surface area contributed by atoms with Gasteiger partial charge < -0.3 is 14.6 Å². The first kappa shape index (κ1) is 26.5. The summed E-state index contributed by atoms with van der Waals surface area (Å²) >= 11 is 0.671. The molecule has 0 aromatic carbocycles. The number of aliphatic hydroxyl groups excluding tert-OH is 1. The Labute approximate surface area is 200 Å². The van der Waals surface area contributed by atoms with Gasteiger partial charge in [0.15, 0.2) is 10.3 Å².